The lowest BCUT2D eigenvalue weighted by molar-refractivity contribution is -0.147. The summed E-state index contributed by atoms with van der Waals surface area (Å²) in [5.74, 6) is -0.0596. The summed E-state index contributed by atoms with van der Waals surface area (Å²) in [5.41, 5.74) is 0. The normalized spacial score (nSPS) is 12.7. The van der Waals surface area contributed by atoms with Gasteiger partial charge in [-0.25, -0.2) is 0 Å². The van der Waals surface area contributed by atoms with Crippen LogP contribution >= 0.6 is 0 Å². The summed E-state index contributed by atoms with van der Waals surface area (Å²) in [6.45, 7) is 8.57. The highest BCUT2D eigenvalue weighted by Crippen LogP contribution is 2.13. The molecule has 1 atom stereocenters. The lowest BCUT2D eigenvalue weighted by Gasteiger charge is -2.29. The Bertz CT molecular complexity index is 199. The minimum atomic E-state index is -0.0596. The van der Waals surface area contributed by atoms with Crippen molar-refractivity contribution in [2.24, 2.45) is 0 Å². The highest BCUT2D eigenvalue weighted by molar-refractivity contribution is 5.75. The van der Waals surface area contributed by atoms with Gasteiger partial charge in [0.2, 0.25) is 0 Å². The maximum atomic E-state index is 11.9. The number of rotatable bonds is 11. The third-order valence-corrected chi connectivity index (χ3v) is 3.34. The van der Waals surface area contributed by atoms with Crippen LogP contribution in [0.5, 0.6) is 0 Å². The summed E-state index contributed by atoms with van der Waals surface area (Å²) in [6, 6.07) is -0.0342. The van der Waals surface area contributed by atoms with E-state index in [-0.39, 0.29) is 12.0 Å². The summed E-state index contributed by atoms with van der Waals surface area (Å²) >= 11 is 0. The zero-order valence-electron chi connectivity index (χ0n) is 12.7. The first-order chi connectivity index (χ1) is 8.71. The first kappa shape index (κ1) is 17.4. The quantitative estimate of drug-likeness (QED) is 0.529. The second-order valence-corrected chi connectivity index (χ2v) is 4.92. The van der Waals surface area contributed by atoms with Gasteiger partial charge < -0.3 is 4.74 Å². The molecule has 0 amide bonds. The second kappa shape index (κ2) is 11.5. The van der Waals surface area contributed by atoms with Crippen LogP contribution in [0.2, 0.25) is 0 Å². The molecule has 1 unspecified atom stereocenters. The fourth-order valence-corrected chi connectivity index (χ4v) is 2.13. The van der Waals surface area contributed by atoms with E-state index < -0.39 is 0 Å². The predicted molar refractivity (Wildman–Crippen MR) is 76.7 cm³/mol. The summed E-state index contributed by atoms with van der Waals surface area (Å²) in [4.78, 5) is 14.2. The Morgan fingerprint density at radius 3 is 1.89 bits per heavy atom. The van der Waals surface area contributed by atoms with E-state index in [1.54, 1.807) is 0 Å². The summed E-state index contributed by atoms with van der Waals surface area (Å²) in [6.07, 6.45) is 7.80. The van der Waals surface area contributed by atoms with E-state index in [9.17, 15) is 4.79 Å². The Hall–Kier alpha value is -0.570. The number of esters is 1. The standard InChI is InChI=1S/C15H31NO2/c1-5-8-11-14(15(17)18-4)16(12-9-6-2)13-10-7-3/h14H,5-13H2,1-4H3. The monoisotopic (exact) mass is 257 g/mol. The van der Waals surface area contributed by atoms with Crippen LogP contribution in [0.15, 0.2) is 0 Å². The van der Waals surface area contributed by atoms with E-state index in [1.807, 2.05) is 0 Å². The van der Waals surface area contributed by atoms with Gasteiger partial charge in [-0.05, 0) is 32.4 Å². The van der Waals surface area contributed by atoms with Gasteiger partial charge in [0.1, 0.15) is 6.04 Å². The van der Waals surface area contributed by atoms with E-state index in [2.05, 4.69) is 25.7 Å². The van der Waals surface area contributed by atoms with E-state index in [0.29, 0.717) is 0 Å². The highest BCUT2D eigenvalue weighted by Gasteiger charge is 2.25. The number of carbonyl (C=O) groups excluding carboxylic acids is 1. The van der Waals surface area contributed by atoms with Crippen LogP contribution in [0.3, 0.4) is 0 Å². The van der Waals surface area contributed by atoms with Gasteiger partial charge in [-0.2, -0.15) is 0 Å². The van der Waals surface area contributed by atoms with E-state index in [1.165, 1.54) is 20.0 Å². The van der Waals surface area contributed by atoms with Crippen molar-refractivity contribution in [2.75, 3.05) is 20.2 Å². The smallest absolute Gasteiger partial charge is 0.323 e. The largest absolute Gasteiger partial charge is 0.468 e. The number of hydrogen-bond donors (Lipinski definition) is 0. The minimum absolute atomic E-state index is 0.0342. The minimum Gasteiger partial charge on any atom is -0.468 e. The van der Waals surface area contributed by atoms with Gasteiger partial charge in [-0.15, -0.1) is 0 Å². The molecule has 0 aromatic heterocycles. The third-order valence-electron chi connectivity index (χ3n) is 3.34. The van der Waals surface area contributed by atoms with Gasteiger partial charge in [0.05, 0.1) is 7.11 Å². The van der Waals surface area contributed by atoms with E-state index in [0.717, 1.165) is 45.2 Å². The molecule has 0 radical (unpaired) electrons. The Balaban J connectivity index is 4.52. The second-order valence-electron chi connectivity index (χ2n) is 4.92. The molecule has 0 rings (SSSR count). The molecule has 3 heteroatoms. The number of hydrogen-bond acceptors (Lipinski definition) is 3. The maximum Gasteiger partial charge on any atom is 0.323 e. The molecule has 0 aliphatic rings. The van der Waals surface area contributed by atoms with Gasteiger partial charge in [-0.1, -0.05) is 46.5 Å². The molecule has 0 bridgehead atoms. The Morgan fingerprint density at radius 1 is 1.00 bits per heavy atom. The van der Waals surface area contributed by atoms with Gasteiger partial charge >= 0.3 is 5.97 Å². The molecule has 0 aliphatic heterocycles. The van der Waals surface area contributed by atoms with Crippen molar-refractivity contribution in [1.29, 1.82) is 0 Å². The molecule has 0 aliphatic carbocycles. The molecule has 0 spiro atoms. The summed E-state index contributed by atoms with van der Waals surface area (Å²) in [7, 11) is 1.50. The number of carbonyl (C=O) groups is 1. The maximum absolute atomic E-state index is 11.9. The van der Waals surface area contributed by atoms with Crippen LogP contribution in [0.1, 0.15) is 65.7 Å². The average molecular weight is 257 g/mol. The van der Waals surface area contributed by atoms with Crippen molar-refractivity contribution in [3.8, 4) is 0 Å². The summed E-state index contributed by atoms with van der Waals surface area (Å²) in [5, 5.41) is 0. The molecule has 0 aromatic carbocycles. The zero-order valence-corrected chi connectivity index (χ0v) is 12.7. The molecule has 0 fully saturated rings. The number of ether oxygens (including phenoxy) is 1. The van der Waals surface area contributed by atoms with Crippen LogP contribution in [0.4, 0.5) is 0 Å². The van der Waals surface area contributed by atoms with Gasteiger partial charge in [0, 0.05) is 0 Å². The number of unbranched alkanes of at least 4 members (excludes halogenated alkanes) is 3. The fourth-order valence-electron chi connectivity index (χ4n) is 2.13. The van der Waals surface area contributed by atoms with Crippen molar-refractivity contribution in [1.82, 2.24) is 4.90 Å². The van der Waals surface area contributed by atoms with E-state index >= 15 is 0 Å². The number of nitrogens with zero attached hydrogens (tertiary/aromatic N) is 1. The Labute approximate surface area is 113 Å². The molecule has 0 saturated heterocycles. The molecule has 0 N–H and O–H groups in total. The first-order valence-electron chi connectivity index (χ1n) is 7.53. The zero-order chi connectivity index (χ0) is 13.8. The molecule has 0 saturated carbocycles. The Kier molecular flexibility index (Phi) is 11.2. The highest BCUT2D eigenvalue weighted by atomic mass is 16.5. The van der Waals surface area contributed by atoms with Crippen LogP contribution in [-0.2, 0) is 9.53 Å². The summed E-state index contributed by atoms with van der Waals surface area (Å²) < 4.78 is 4.97. The molecular weight excluding hydrogens is 226 g/mol. The van der Waals surface area contributed by atoms with Crippen LogP contribution in [0, 0.1) is 0 Å². The van der Waals surface area contributed by atoms with Crippen LogP contribution in [-0.4, -0.2) is 37.1 Å². The fraction of sp³-hybridized carbons (Fsp3) is 0.933. The number of methoxy groups -OCH3 is 1. The van der Waals surface area contributed by atoms with Gasteiger partial charge in [0.25, 0.3) is 0 Å². The molecule has 18 heavy (non-hydrogen) atoms. The molecule has 0 heterocycles. The topological polar surface area (TPSA) is 29.5 Å². The molecule has 0 aromatic rings. The lowest BCUT2D eigenvalue weighted by Crippen LogP contribution is -2.43. The first-order valence-corrected chi connectivity index (χ1v) is 7.53. The van der Waals surface area contributed by atoms with Crippen LogP contribution < -0.4 is 0 Å². The molecule has 108 valence electrons. The van der Waals surface area contributed by atoms with Crippen LogP contribution in [0.25, 0.3) is 0 Å². The lowest BCUT2D eigenvalue weighted by atomic mass is 10.1. The SMILES string of the molecule is CCCCC(C(=O)OC)N(CCCC)CCCC. The van der Waals surface area contributed by atoms with Crippen molar-refractivity contribution in [3.63, 3.8) is 0 Å². The van der Waals surface area contributed by atoms with E-state index in [4.69, 9.17) is 4.74 Å². The van der Waals surface area contributed by atoms with Gasteiger partial charge in [0.15, 0.2) is 0 Å². The third kappa shape index (κ3) is 7.00. The van der Waals surface area contributed by atoms with Crippen molar-refractivity contribution in [2.45, 2.75) is 71.8 Å². The molecule has 3 nitrogen and oxygen atoms in total. The Morgan fingerprint density at radius 2 is 1.50 bits per heavy atom. The van der Waals surface area contributed by atoms with Crippen molar-refractivity contribution < 1.29 is 9.53 Å². The molecular formula is C15H31NO2. The average Bonchev–Trinajstić information content (AvgIpc) is 2.40. The predicted octanol–water partition coefficient (Wildman–Crippen LogP) is 3.62. The van der Waals surface area contributed by atoms with Gasteiger partial charge in [-0.3, -0.25) is 9.69 Å². The van der Waals surface area contributed by atoms with Crippen molar-refractivity contribution >= 4 is 5.97 Å². The van der Waals surface area contributed by atoms with Crippen molar-refractivity contribution in [3.05, 3.63) is 0 Å².